The molecule has 0 spiro atoms. The van der Waals surface area contributed by atoms with E-state index in [1.807, 2.05) is 6.07 Å². The van der Waals surface area contributed by atoms with Gasteiger partial charge in [0, 0.05) is 5.69 Å². The molecular formula is C16H25NO2. The average molecular weight is 263 g/mol. The van der Waals surface area contributed by atoms with Gasteiger partial charge in [-0.15, -0.1) is 0 Å². The Bertz CT molecular complexity index is 466. The molecule has 1 aromatic rings. The Balaban J connectivity index is 2.15. The lowest BCUT2D eigenvalue weighted by molar-refractivity contribution is -0.0662. The summed E-state index contributed by atoms with van der Waals surface area (Å²) in [6.07, 6.45) is 1.01. The van der Waals surface area contributed by atoms with Gasteiger partial charge in [0.05, 0.1) is 24.4 Å². The van der Waals surface area contributed by atoms with E-state index in [1.165, 1.54) is 0 Å². The summed E-state index contributed by atoms with van der Waals surface area (Å²) in [5, 5.41) is 3.60. The minimum Gasteiger partial charge on any atom is -0.496 e. The second-order valence-electron chi connectivity index (χ2n) is 6.55. The molecule has 1 atom stereocenters. The van der Waals surface area contributed by atoms with Gasteiger partial charge in [-0.3, -0.25) is 0 Å². The minimum absolute atomic E-state index is 0.0668. The number of anilines is 1. The number of hydrogen-bond donors (Lipinski definition) is 1. The van der Waals surface area contributed by atoms with Gasteiger partial charge in [0.2, 0.25) is 0 Å². The zero-order valence-corrected chi connectivity index (χ0v) is 12.8. The molecule has 0 aliphatic carbocycles. The van der Waals surface area contributed by atoms with Crippen LogP contribution in [0.15, 0.2) is 18.2 Å². The van der Waals surface area contributed by atoms with Crippen LogP contribution in [-0.2, 0) is 4.74 Å². The number of methoxy groups -OCH3 is 1. The van der Waals surface area contributed by atoms with Crippen molar-refractivity contribution in [1.82, 2.24) is 0 Å². The molecule has 0 aromatic heterocycles. The molecule has 1 unspecified atom stereocenters. The first-order valence-corrected chi connectivity index (χ1v) is 6.85. The van der Waals surface area contributed by atoms with Crippen LogP contribution < -0.4 is 10.1 Å². The van der Waals surface area contributed by atoms with Gasteiger partial charge in [-0.2, -0.15) is 0 Å². The van der Waals surface area contributed by atoms with Crippen molar-refractivity contribution in [2.24, 2.45) is 0 Å². The van der Waals surface area contributed by atoms with E-state index in [2.05, 4.69) is 52.1 Å². The molecule has 0 saturated carbocycles. The summed E-state index contributed by atoms with van der Waals surface area (Å²) in [5.74, 6) is 0.924. The molecule has 1 aliphatic heterocycles. The molecule has 1 aromatic carbocycles. The van der Waals surface area contributed by atoms with Crippen molar-refractivity contribution in [3.8, 4) is 5.75 Å². The maximum atomic E-state index is 6.11. The normalized spacial score (nSPS) is 24.2. The number of rotatable bonds is 3. The molecule has 106 valence electrons. The highest BCUT2D eigenvalue weighted by Gasteiger charge is 2.45. The van der Waals surface area contributed by atoms with Crippen molar-refractivity contribution in [3.05, 3.63) is 23.8 Å². The van der Waals surface area contributed by atoms with Gasteiger partial charge in [0.15, 0.2) is 0 Å². The van der Waals surface area contributed by atoms with Crippen LogP contribution in [0.4, 0.5) is 5.69 Å². The lowest BCUT2D eigenvalue weighted by Gasteiger charge is -2.28. The van der Waals surface area contributed by atoms with Crippen molar-refractivity contribution in [3.63, 3.8) is 0 Å². The fraction of sp³-hybridized carbons (Fsp3) is 0.625. The van der Waals surface area contributed by atoms with Crippen LogP contribution >= 0.6 is 0 Å². The molecule has 1 fully saturated rings. The Kier molecular flexibility index (Phi) is 3.52. The van der Waals surface area contributed by atoms with Gasteiger partial charge >= 0.3 is 0 Å². The maximum absolute atomic E-state index is 6.11. The Morgan fingerprint density at radius 2 is 1.95 bits per heavy atom. The zero-order chi connectivity index (χ0) is 14.3. The highest BCUT2D eigenvalue weighted by molar-refractivity contribution is 5.52. The molecule has 0 radical (unpaired) electrons. The van der Waals surface area contributed by atoms with Crippen molar-refractivity contribution in [2.45, 2.75) is 58.3 Å². The van der Waals surface area contributed by atoms with E-state index in [-0.39, 0.29) is 11.2 Å². The molecular weight excluding hydrogens is 238 g/mol. The molecule has 1 aliphatic rings. The zero-order valence-electron chi connectivity index (χ0n) is 12.8. The van der Waals surface area contributed by atoms with E-state index >= 15 is 0 Å². The molecule has 3 nitrogen and oxygen atoms in total. The van der Waals surface area contributed by atoms with Crippen LogP contribution in [0.25, 0.3) is 0 Å². The van der Waals surface area contributed by atoms with Crippen LogP contribution in [0.3, 0.4) is 0 Å². The van der Waals surface area contributed by atoms with Crippen LogP contribution in [0.5, 0.6) is 5.75 Å². The minimum atomic E-state index is -0.155. The summed E-state index contributed by atoms with van der Waals surface area (Å²) in [4.78, 5) is 0. The third-order valence-corrected chi connectivity index (χ3v) is 3.81. The van der Waals surface area contributed by atoms with Gasteiger partial charge in [-0.25, -0.2) is 0 Å². The van der Waals surface area contributed by atoms with Gasteiger partial charge in [0.25, 0.3) is 0 Å². The number of benzene rings is 1. The fourth-order valence-corrected chi connectivity index (χ4v) is 2.96. The summed E-state index contributed by atoms with van der Waals surface area (Å²) < 4.78 is 11.4. The molecule has 3 heteroatoms. The summed E-state index contributed by atoms with van der Waals surface area (Å²) in [6, 6.07) is 6.51. The summed E-state index contributed by atoms with van der Waals surface area (Å²) in [7, 11) is 1.70. The first-order valence-electron chi connectivity index (χ1n) is 6.85. The first-order chi connectivity index (χ1) is 8.73. The summed E-state index contributed by atoms with van der Waals surface area (Å²) in [6.45, 7) is 10.7. The van der Waals surface area contributed by atoms with Crippen molar-refractivity contribution in [2.75, 3.05) is 12.4 Å². The monoisotopic (exact) mass is 263 g/mol. The summed E-state index contributed by atoms with van der Waals surface area (Å²) >= 11 is 0. The van der Waals surface area contributed by atoms with Crippen LogP contribution in [-0.4, -0.2) is 24.4 Å². The first kappa shape index (κ1) is 14.2. The summed E-state index contributed by atoms with van der Waals surface area (Å²) in [5.41, 5.74) is 2.04. The lowest BCUT2D eigenvalue weighted by atomic mass is 9.94. The quantitative estimate of drug-likeness (QED) is 0.900. The Hall–Kier alpha value is -1.22. The second kappa shape index (κ2) is 4.71. The van der Waals surface area contributed by atoms with Gasteiger partial charge in [0.1, 0.15) is 5.75 Å². The lowest BCUT2D eigenvalue weighted by Crippen LogP contribution is -2.38. The van der Waals surface area contributed by atoms with E-state index in [0.717, 1.165) is 23.4 Å². The largest absolute Gasteiger partial charge is 0.496 e. The Morgan fingerprint density at radius 3 is 2.42 bits per heavy atom. The molecule has 1 heterocycles. The third-order valence-electron chi connectivity index (χ3n) is 3.81. The van der Waals surface area contributed by atoms with Crippen molar-refractivity contribution >= 4 is 5.69 Å². The number of aryl methyl sites for hydroxylation is 1. The number of nitrogens with one attached hydrogen (secondary N) is 1. The predicted molar refractivity (Wildman–Crippen MR) is 79.0 cm³/mol. The third kappa shape index (κ3) is 3.03. The van der Waals surface area contributed by atoms with E-state index in [0.29, 0.717) is 6.04 Å². The molecule has 0 amide bonds. The van der Waals surface area contributed by atoms with Crippen LogP contribution in [0.1, 0.15) is 39.7 Å². The van der Waals surface area contributed by atoms with E-state index < -0.39 is 0 Å². The van der Waals surface area contributed by atoms with Gasteiger partial charge in [-0.1, -0.05) is 0 Å². The predicted octanol–water partition coefficient (Wildman–Crippen LogP) is 3.76. The van der Waals surface area contributed by atoms with Crippen LogP contribution in [0, 0.1) is 6.92 Å². The maximum Gasteiger partial charge on any atom is 0.121 e. The van der Waals surface area contributed by atoms with E-state index in [9.17, 15) is 0 Å². The van der Waals surface area contributed by atoms with Gasteiger partial charge < -0.3 is 14.8 Å². The Morgan fingerprint density at radius 1 is 1.26 bits per heavy atom. The number of hydrogen-bond acceptors (Lipinski definition) is 3. The van der Waals surface area contributed by atoms with Crippen LogP contribution in [0.2, 0.25) is 0 Å². The fourth-order valence-electron chi connectivity index (χ4n) is 2.96. The molecule has 2 rings (SSSR count). The standard InChI is InChI=1S/C16H25NO2/c1-11-9-12(7-8-13(11)18-6)17-14-10-15(2,3)19-16(14,4)5/h7-9,14,17H,10H2,1-6H3. The Labute approximate surface area is 116 Å². The van der Waals surface area contributed by atoms with E-state index in [4.69, 9.17) is 9.47 Å². The molecule has 0 bridgehead atoms. The average Bonchev–Trinajstić information content (AvgIpc) is 2.47. The highest BCUT2D eigenvalue weighted by Crippen LogP contribution is 2.39. The highest BCUT2D eigenvalue weighted by atomic mass is 16.5. The number of ether oxygens (including phenoxy) is 2. The van der Waals surface area contributed by atoms with E-state index in [1.54, 1.807) is 7.11 Å². The molecule has 1 N–H and O–H groups in total. The SMILES string of the molecule is COc1ccc(NC2CC(C)(C)OC2(C)C)cc1C. The second-order valence-corrected chi connectivity index (χ2v) is 6.55. The van der Waals surface area contributed by atoms with Crippen molar-refractivity contribution < 1.29 is 9.47 Å². The van der Waals surface area contributed by atoms with Crippen molar-refractivity contribution in [1.29, 1.82) is 0 Å². The topological polar surface area (TPSA) is 30.5 Å². The van der Waals surface area contributed by atoms with Gasteiger partial charge in [-0.05, 0) is 64.8 Å². The molecule has 1 saturated heterocycles. The molecule has 19 heavy (non-hydrogen) atoms. The smallest absolute Gasteiger partial charge is 0.121 e.